The molecule has 1 aromatic rings. The van der Waals surface area contributed by atoms with Crippen LogP contribution in [0.15, 0.2) is 12.3 Å². The summed E-state index contributed by atoms with van der Waals surface area (Å²) < 4.78 is 4.66. The lowest BCUT2D eigenvalue weighted by atomic mass is 9.63. The first-order valence-electron chi connectivity index (χ1n) is 7.39. The Balaban J connectivity index is 2.12. The Morgan fingerprint density at radius 2 is 1.90 bits per heavy atom. The molecule has 21 heavy (non-hydrogen) atoms. The SMILES string of the molecule is COC(=O)c1nccc(NC2CC(C)(C)CC(C)(C)C2)n1. The molecule has 0 radical (unpaired) electrons. The Kier molecular flexibility index (Phi) is 4.21. The second kappa shape index (κ2) is 5.62. The van der Waals surface area contributed by atoms with Crippen LogP contribution in [0, 0.1) is 10.8 Å². The maximum atomic E-state index is 11.5. The minimum atomic E-state index is -0.511. The second-order valence-corrected chi connectivity index (χ2v) is 7.51. The molecular formula is C16H25N3O2. The van der Waals surface area contributed by atoms with Gasteiger partial charge in [0.05, 0.1) is 7.11 Å². The number of hydrogen-bond donors (Lipinski definition) is 1. The van der Waals surface area contributed by atoms with Crippen molar-refractivity contribution in [2.75, 3.05) is 12.4 Å². The smallest absolute Gasteiger partial charge is 0.376 e. The third-order valence-electron chi connectivity index (χ3n) is 3.93. The number of esters is 1. The third-order valence-corrected chi connectivity index (χ3v) is 3.93. The zero-order chi connectivity index (χ0) is 15.7. The molecule has 1 saturated carbocycles. The molecular weight excluding hydrogens is 266 g/mol. The topological polar surface area (TPSA) is 64.1 Å². The van der Waals surface area contributed by atoms with Gasteiger partial charge in [-0.25, -0.2) is 14.8 Å². The summed E-state index contributed by atoms with van der Waals surface area (Å²) in [6.07, 6.45) is 4.98. The fraction of sp³-hybridized carbons (Fsp3) is 0.688. The van der Waals surface area contributed by atoms with E-state index in [2.05, 4.69) is 47.7 Å². The molecule has 0 aliphatic heterocycles. The van der Waals surface area contributed by atoms with E-state index < -0.39 is 5.97 Å². The van der Waals surface area contributed by atoms with Crippen molar-refractivity contribution in [3.05, 3.63) is 18.1 Å². The van der Waals surface area contributed by atoms with Gasteiger partial charge in [-0.3, -0.25) is 0 Å². The van der Waals surface area contributed by atoms with Crippen molar-refractivity contribution >= 4 is 11.8 Å². The van der Waals surface area contributed by atoms with Gasteiger partial charge in [-0.1, -0.05) is 27.7 Å². The summed E-state index contributed by atoms with van der Waals surface area (Å²) in [6, 6.07) is 2.14. The van der Waals surface area contributed by atoms with E-state index in [0.717, 1.165) is 12.8 Å². The van der Waals surface area contributed by atoms with Crippen molar-refractivity contribution in [1.29, 1.82) is 0 Å². The molecule has 0 unspecified atom stereocenters. The first-order chi connectivity index (χ1) is 9.71. The second-order valence-electron chi connectivity index (χ2n) is 7.51. The number of aromatic nitrogens is 2. The van der Waals surface area contributed by atoms with E-state index in [1.54, 1.807) is 12.3 Å². The first-order valence-corrected chi connectivity index (χ1v) is 7.39. The van der Waals surface area contributed by atoms with Gasteiger partial charge >= 0.3 is 5.97 Å². The maximum absolute atomic E-state index is 11.5. The van der Waals surface area contributed by atoms with Gasteiger partial charge in [0.1, 0.15) is 5.82 Å². The van der Waals surface area contributed by atoms with Gasteiger partial charge in [0, 0.05) is 12.2 Å². The zero-order valence-electron chi connectivity index (χ0n) is 13.6. The van der Waals surface area contributed by atoms with Crippen molar-refractivity contribution < 1.29 is 9.53 Å². The van der Waals surface area contributed by atoms with Gasteiger partial charge in [-0.2, -0.15) is 0 Å². The van der Waals surface area contributed by atoms with Gasteiger partial charge in [-0.15, -0.1) is 0 Å². The van der Waals surface area contributed by atoms with Gasteiger partial charge in [0.25, 0.3) is 0 Å². The molecule has 0 bridgehead atoms. The molecule has 0 spiro atoms. The molecule has 1 fully saturated rings. The highest BCUT2D eigenvalue weighted by Crippen LogP contribution is 2.46. The minimum Gasteiger partial charge on any atom is -0.463 e. The van der Waals surface area contributed by atoms with Crippen LogP contribution < -0.4 is 5.32 Å². The molecule has 116 valence electrons. The van der Waals surface area contributed by atoms with Gasteiger partial charge < -0.3 is 10.1 Å². The lowest BCUT2D eigenvalue weighted by Crippen LogP contribution is -2.40. The van der Waals surface area contributed by atoms with E-state index in [4.69, 9.17) is 0 Å². The number of nitrogens with zero attached hydrogens (tertiary/aromatic N) is 2. The van der Waals surface area contributed by atoms with E-state index in [9.17, 15) is 4.79 Å². The highest BCUT2D eigenvalue weighted by Gasteiger charge is 2.38. The first kappa shape index (κ1) is 15.7. The lowest BCUT2D eigenvalue weighted by molar-refractivity contribution is 0.0586. The fourth-order valence-corrected chi connectivity index (χ4v) is 3.79. The van der Waals surface area contributed by atoms with Crippen molar-refractivity contribution in [2.24, 2.45) is 10.8 Å². The van der Waals surface area contributed by atoms with Crippen LogP contribution in [0.1, 0.15) is 57.6 Å². The number of methoxy groups -OCH3 is 1. The van der Waals surface area contributed by atoms with Crippen LogP contribution in [0.25, 0.3) is 0 Å². The molecule has 0 amide bonds. The van der Waals surface area contributed by atoms with Crippen LogP contribution in [0.2, 0.25) is 0 Å². The highest BCUT2D eigenvalue weighted by atomic mass is 16.5. The standard InChI is InChI=1S/C16H25N3O2/c1-15(2)8-11(9-16(3,4)10-15)18-12-6-7-17-13(19-12)14(20)21-5/h6-7,11H,8-10H2,1-5H3,(H,17,18,19). The van der Waals surface area contributed by atoms with E-state index in [1.165, 1.54) is 13.5 Å². The monoisotopic (exact) mass is 291 g/mol. The summed E-state index contributed by atoms with van der Waals surface area (Å²) in [5, 5.41) is 3.45. The fourth-order valence-electron chi connectivity index (χ4n) is 3.79. The predicted octanol–water partition coefficient (Wildman–Crippen LogP) is 3.28. The normalized spacial score (nSPS) is 20.8. The number of rotatable bonds is 3. The van der Waals surface area contributed by atoms with Crippen LogP contribution >= 0.6 is 0 Å². The van der Waals surface area contributed by atoms with Crippen LogP contribution in [0.3, 0.4) is 0 Å². The molecule has 5 nitrogen and oxygen atoms in total. The Morgan fingerprint density at radius 3 is 2.48 bits per heavy atom. The van der Waals surface area contributed by atoms with Crippen molar-refractivity contribution in [3.63, 3.8) is 0 Å². The molecule has 1 N–H and O–H groups in total. The average molecular weight is 291 g/mol. The molecule has 1 aliphatic carbocycles. The van der Waals surface area contributed by atoms with Gasteiger partial charge in [-0.05, 0) is 36.2 Å². The Hall–Kier alpha value is -1.65. The minimum absolute atomic E-state index is 0.0943. The van der Waals surface area contributed by atoms with Gasteiger partial charge in [0.15, 0.2) is 0 Å². The predicted molar refractivity (Wildman–Crippen MR) is 82.2 cm³/mol. The third kappa shape index (κ3) is 4.16. The van der Waals surface area contributed by atoms with Crippen molar-refractivity contribution in [1.82, 2.24) is 9.97 Å². The largest absolute Gasteiger partial charge is 0.463 e. The quantitative estimate of drug-likeness (QED) is 0.866. The number of carbonyl (C=O) groups is 1. The van der Waals surface area contributed by atoms with Crippen LogP contribution in [0.4, 0.5) is 5.82 Å². The lowest BCUT2D eigenvalue weighted by Gasteiger charge is -2.45. The highest BCUT2D eigenvalue weighted by molar-refractivity contribution is 5.85. The van der Waals surface area contributed by atoms with Crippen molar-refractivity contribution in [2.45, 2.75) is 53.0 Å². The summed E-state index contributed by atoms with van der Waals surface area (Å²) in [6.45, 7) is 9.23. The molecule has 0 atom stereocenters. The van der Waals surface area contributed by atoms with E-state index in [1.807, 2.05) is 0 Å². The summed E-state index contributed by atoms with van der Waals surface area (Å²) in [4.78, 5) is 19.7. The number of ether oxygens (including phenoxy) is 1. The maximum Gasteiger partial charge on any atom is 0.376 e. The summed E-state index contributed by atoms with van der Waals surface area (Å²) >= 11 is 0. The number of anilines is 1. The Labute approximate surface area is 126 Å². The summed E-state index contributed by atoms with van der Waals surface area (Å²) in [5.74, 6) is 0.267. The Morgan fingerprint density at radius 1 is 1.29 bits per heavy atom. The van der Waals surface area contributed by atoms with Crippen LogP contribution in [-0.4, -0.2) is 29.1 Å². The zero-order valence-corrected chi connectivity index (χ0v) is 13.6. The van der Waals surface area contributed by atoms with Gasteiger partial charge in [0.2, 0.25) is 5.82 Å². The van der Waals surface area contributed by atoms with E-state index in [-0.39, 0.29) is 5.82 Å². The molecule has 0 saturated heterocycles. The Bertz CT molecular complexity index is 510. The van der Waals surface area contributed by atoms with Crippen molar-refractivity contribution in [3.8, 4) is 0 Å². The molecule has 1 aromatic heterocycles. The molecule has 5 heteroatoms. The van der Waals surface area contributed by atoms with E-state index in [0.29, 0.717) is 22.7 Å². The number of hydrogen-bond acceptors (Lipinski definition) is 5. The van der Waals surface area contributed by atoms with E-state index >= 15 is 0 Å². The number of carbonyl (C=O) groups excluding carboxylic acids is 1. The number of nitrogens with one attached hydrogen (secondary N) is 1. The average Bonchev–Trinajstić information content (AvgIpc) is 2.34. The van der Waals surface area contributed by atoms with Crippen LogP contribution in [0.5, 0.6) is 0 Å². The summed E-state index contributed by atoms with van der Waals surface area (Å²) in [5.41, 5.74) is 0.606. The summed E-state index contributed by atoms with van der Waals surface area (Å²) in [7, 11) is 1.33. The molecule has 1 heterocycles. The molecule has 2 rings (SSSR count). The van der Waals surface area contributed by atoms with Crippen LogP contribution in [-0.2, 0) is 4.74 Å². The molecule has 1 aliphatic rings. The molecule has 0 aromatic carbocycles.